The highest BCUT2D eigenvalue weighted by atomic mass is 35.5. The first-order valence-electron chi connectivity index (χ1n) is 5.84. The minimum Gasteiger partial charge on any atom is -0.398 e. The van der Waals surface area contributed by atoms with Crippen LogP contribution in [0.5, 0.6) is 0 Å². The number of aromatic nitrogens is 1. The van der Waals surface area contributed by atoms with E-state index in [1.54, 1.807) is 18.2 Å². The average molecular weight is 296 g/mol. The molecule has 100 valence electrons. The van der Waals surface area contributed by atoms with Crippen molar-refractivity contribution in [1.29, 1.82) is 0 Å². The summed E-state index contributed by atoms with van der Waals surface area (Å²) in [5, 5.41) is 3.81. The van der Waals surface area contributed by atoms with Gasteiger partial charge in [0, 0.05) is 15.6 Å². The largest absolute Gasteiger partial charge is 0.398 e. The molecule has 0 radical (unpaired) electrons. The van der Waals surface area contributed by atoms with E-state index >= 15 is 0 Å². The molecule has 3 N–H and O–H groups in total. The van der Waals surface area contributed by atoms with Crippen LogP contribution >= 0.6 is 22.9 Å². The number of carbonyl (C=O) groups excluding carboxylic acids is 1. The monoisotopic (exact) mass is 295 g/mol. The standard InChI is InChI=1S/C13H14ClN3OS/c1-3-11-7(2)19-13(16-11)17-12(18)9-6-8(14)4-5-10(9)15/h4-6H,3,15H2,1-2H3,(H,16,17,18). The van der Waals surface area contributed by atoms with Crippen LogP contribution < -0.4 is 11.1 Å². The van der Waals surface area contributed by atoms with Crippen molar-refractivity contribution in [2.75, 3.05) is 11.1 Å². The molecule has 2 rings (SSSR count). The zero-order valence-electron chi connectivity index (χ0n) is 10.7. The summed E-state index contributed by atoms with van der Waals surface area (Å²) >= 11 is 7.32. The summed E-state index contributed by atoms with van der Waals surface area (Å²) in [6.07, 6.45) is 0.845. The zero-order valence-corrected chi connectivity index (χ0v) is 12.2. The van der Waals surface area contributed by atoms with Crippen molar-refractivity contribution in [3.05, 3.63) is 39.4 Å². The van der Waals surface area contributed by atoms with Crippen LogP contribution in [0.15, 0.2) is 18.2 Å². The first-order valence-corrected chi connectivity index (χ1v) is 7.03. The van der Waals surface area contributed by atoms with E-state index in [1.807, 2.05) is 13.8 Å². The maximum absolute atomic E-state index is 12.1. The summed E-state index contributed by atoms with van der Waals surface area (Å²) in [6, 6.07) is 4.81. The molecule has 0 unspecified atom stereocenters. The summed E-state index contributed by atoms with van der Waals surface area (Å²) in [6.45, 7) is 4.02. The quantitative estimate of drug-likeness (QED) is 0.852. The van der Waals surface area contributed by atoms with Crippen LogP contribution in [0.1, 0.15) is 27.9 Å². The maximum atomic E-state index is 12.1. The number of aryl methyl sites for hydroxylation is 2. The molecule has 0 fully saturated rings. The minimum absolute atomic E-state index is 0.295. The Balaban J connectivity index is 2.22. The molecular weight excluding hydrogens is 282 g/mol. The molecule has 6 heteroatoms. The number of thiazole rings is 1. The second kappa shape index (κ2) is 5.59. The molecule has 1 heterocycles. The number of nitrogen functional groups attached to an aromatic ring is 1. The molecule has 0 aliphatic carbocycles. The van der Waals surface area contributed by atoms with Gasteiger partial charge in [0.25, 0.3) is 5.91 Å². The van der Waals surface area contributed by atoms with Crippen molar-refractivity contribution in [3.63, 3.8) is 0 Å². The van der Waals surface area contributed by atoms with E-state index in [2.05, 4.69) is 10.3 Å². The molecule has 1 aromatic carbocycles. The highest BCUT2D eigenvalue weighted by Gasteiger charge is 2.13. The molecule has 1 amide bonds. The van der Waals surface area contributed by atoms with Crippen molar-refractivity contribution >= 4 is 39.7 Å². The van der Waals surface area contributed by atoms with Gasteiger partial charge in [-0.2, -0.15) is 0 Å². The Bertz CT molecular complexity index is 624. The molecule has 0 spiro atoms. The highest BCUT2D eigenvalue weighted by molar-refractivity contribution is 7.15. The zero-order chi connectivity index (χ0) is 14.0. The molecule has 1 aromatic heterocycles. The van der Waals surface area contributed by atoms with Crippen LogP contribution in [0.2, 0.25) is 5.02 Å². The van der Waals surface area contributed by atoms with Crippen molar-refractivity contribution in [2.45, 2.75) is 20.3 Å². The minimum atomic E-state index is -0.295. The van der Waals surface area contributed by atoms with Gasteiger partial charge in [-0.1, -0.05) is 18.5 Å². The smallest absolute Gasteiger partial charge is 0.259 e. The predicted octanol–water partition coefficient (Wildman–Crippen LogP) is 3.50. The maximum Gasteiger partial charge on any atom is 0.259 e. The number of halogens is 1. The Morgan fingerprint density at radius 3 is 2.89 bits per heavy atom. The summed E-state index contributed by atoms with van der Waals surface area (Å²) in [5.74, 6) is -0.295. The number of benzene rings is 1. The van der Waals surface area contributed by atoms with E-state index in [0.29, 0.717) is 21.4 Å². The summed E-state index contributed by atoms with van der Waals surface area (Å²) in [5.41, 5.74) is 7.52. The molecular formula is C13H14ClN3OS. The number of hydrogen-bond donors (Lipinski definition) is 2. The van der Waals surface area contributed by atoms with Crippen molar-refractivity contribution < 1.29 is 4.79 Å². The van der Waals surface area contributed by atoms with E-state index in [1.165, 1.54) is 11.3 Å². The Morgan fingerprint density at radius 1 is 1.53 bits per heavy atom. The lowest BCUT2D eigenvalue weighted by molar-refractivity contribution is 0.102. The number of hydrogen-bond acceptors (Lipinski definition) is 4. The third-order valence-corrected chi connectivity index (χ3v) is 3.87. The van der Waals surface area contributed by atoms with Crippen LogP contribution in [-0.2, 0) is 6.42 Å². The number of nitrogens with two attached hydrogens (primary N) is 1. The molecule has 4 nitrogen and oxygen atoms in total. The topological polar surface area (TPSA) is 68.0 Å². The van der Waals surface area contributed by atoms with Crippen molar-refractivity contribution in [2.24, 2.45) is 0 Å². The van der Waals surface area contributed by atoms with Gasteiger partial charge in [0.2, 0.25) is 0 Å². The second-order valence-electron chi connectivity index (χ2n) is 4.06. The van der Waals surface area contributed by atoms with Gasteiger partial charge in [0.1, 0.15) is 0 Å². The van der Waals surface area contributed by atoms with Gasteiger partial charge in [-0.3, -0.25) is 10.1 Å². The Kier molecular flexibility index (Phi) is 4.07. The van der Waals surface area contributed by atoms with Gasteiger partial charge in [0.15, 0.2) is 5.13 Å². The van der Waals surface area contributed by atoms with Gasteiger partial charge in [-0.25, -0.2) is 4.98 Å². The van der Waals surface area contributed by atoms with E-state index in [9.17, 15) is 4.79 Å². The molecule has 0 saturated heterocycles. The lowest BCUT2D eigenvalue weighted by atomic mass is 10.2. The fourth-order valence-electron chi connectivity index (χ4n) is 1.70. The normalized spacial score (nSPS) is 10.5. The van der Waals surface area contributed by atoms with Crippen LogP contribution in [0, 0.1) is 6.92 Å². The fourth-order valence-corrected chi connectivity index (χ4v) is 2.77. The van der Waals surface area contributed by atoms with Crippen LogP contribution in [0.3, 0.4) is 0 Å². The number of nitrogens with one attached hydrogen (secondary N) is 1. The summed E-state index contributed by atoms with van der Waals surface area (Å²) < 4.78 is 0. The average Bonchev–Trinajstić information content (AvgIpc) is 2.72. The number of amides is 1. The number of rotatable bonds is 3. The van der Waals surface area contributed by atoms with Crippen LogP contribution in [0.4, 0.5) is 10.8 Å². The summed E-state index contributed by atoms with van der Waals surface area (Å²) in [7, 11) is 0. The third-order valence-electron chi connectivity index (χ3n) is 2.71. The van der Waals surface area contributed by atoms with Gasteiger partial charge in [0.05, 0.1) is 11.3 Å². The van der Waals surface area contributed by atoms with Gasteiger partial charge in [-0.05, 0) is 31.5 Å². The van der Waals surface area contributed by atoms with Gasteiger partial charge >= 0.3 is 0 Å². The van der Waals surface area contributed by atoms with E-state index < -0.39 is 0 Å². The molecule has 2 aromatic rings. The summed E-state index contributed by atoms with van der Waals surface area (Å²) in [4.78, 5) is 17.6. The van der Waals surface area contributed by atoms with Crippen molar-refractivity contribution in [3.8, 4) is 0 Å². The lowest BCUT2D eigenvalue weighted by Gasteiger charge is -2.05. The van der Waals surface area contributed by atoms with Crippen LogP contribution in [0.25, 0.3) is 0 Å². The van der Waals surface area contributed by atoms with E-state index in [-0.39, 0.29) is 5.91 Å². The lowest BCUT2D eigenvalue weighted by Crippen LogP contribution is -2.13. The molecule has 0 atom stereocenters. The van der Waals surface area contributed by atoms with E-state index in [4.69, 9.17) is 17.3 Å². The van der Waals surface area contributed by atoms with Gasteiger partial charge in [-0.15, -0.1) is 11.3 Å². The second-order valence-corrected chi connectivity index (χ2v) is 5.70. The molecule has 0 bridgehead atoms. The molecule has 0 aliphatic rings. The SMILES string of the molecule is CCc1nc(NC(=O)c2cc(Cl)ccc2N)sc1C. The third kappa shape index (κ3) is 3.05. The first kappa shape index (κ1) is 13.8. The van der Waals surface area contributed by atoms with Gasteiger partial charge < -0.3 is 5.73 Å². The van der Waals surface area contributed by atoms with Crippen molar-refractivity contribution in [1.82, 2.24) is 4.98 Å². The highest BCUT2D eigenvalue weighted by Crippen LogP contribution is 2.24. The molecule has 19 heavy (non-hydrogen) atoms. The Morgan fingerprint density at radius 2 is 2.26 bits per heavy atom. The first-order chi connectivity index (χ1) is 9.01. The Labute approximate surface area is 120 Å². The van der Waals surface area contributed by atoms with E-state index in [0.717, 1.165) is 17.0 Å². The number of carbonyl (C=O) groups is 1. The Hall–Kier alpha value is -1.59. The fraction of sp³-hybridized carbons (Fsp3) is 0.231. The molecule has 0 saturated carbocycles. The van der Waals surface area contributed by atoms with Crippen LogP contribution in [-0.4, -0.2) is 10.9 Å². The number of nitrogens with zero attached hydrogens (tertiary/aromatic N) is 1. The molecule has 0 aliphatic heterocycles. The predicted molar refractivity (Wildman–Crippen MR) is 80.0 cm³/mol. The number of anilines is 2.